The highest BCUT2D eigenvalue weighted by Gasteiger charge is 2.19. The fourth-order valence-corrected chi connectivity index (χ4v) is 2.82. The van der Waals surface area contributed by atoms with Gasteiger partial charge in [0.1, 0.15) is 5.82 Å². The van der Waals surface area contributed by atoms with E-state index in [0.29, 0.717) is 22.8 Å². The monoisotopic (exact) mass is 393 g/mol. The lowest BCUT2D eigenvalue weighted by molar-refractivity contribution is 0.189. The Bertz CT molecular complexity index is 848. The highest BCUT2D eigenvalue weighted by Crippen LogP contribution is 2.23. The number of carbonyl (C=O) groups is 1. The van der Waals surface area contributed by atoms with Gasteiger partial charge in [-0.25, -0.2) is 9.78 Å². The van der Waals surface area contributed by atoms with Crippen LogP contribution in [0.25, 0.3) is 11.0 Å². The van der Waals surface area contributed by atoms with Crippen LogP contribution in [0.4, 0.5) is 4.79 Å². The van der Waals surface area contributed by atoms with Crippen molar-refractivity contribution in [2.75, 3.05) is 0 Å². The van der Waals surface area contributed by atoms with Crippen molar-refractivity contribution in [3.63, 3.8) is 0 Å². The van der Waals surface area contributed by atoms with Gasteiger partial charge in [-0.2, -0.15) is 0 Å². The fraction of sp³-hybridized carbons (Fsp3) is 0.125. The zero-order valence-electron chi connectivity index (χ0n) is 11.9. The summed E-state index contributed by atoms with van der Waals surface area (Å²) in [5.74, 6) is 0.563. The molecule has 7 heteroatoms. The minimum atomic E-state index is -1.09. The highest BCUT2D eigenvalue weighted by molar-refractivity contribution is 9.10. The van der Waals surface area contributed by atoms with Crippen molar-refractivity contribution in [3.8, 4) is 0 Å². The topological polar surface area (TPSA) is 78.0 Å². The largest absolute Gasteiger partial charge is 0.465 e. The van der Waals surface area contributed by atoms with E-state index in [1.54, 1.807) is 12.1 Å². The van der Waals surface area contributed by atoms with E-state index in [0.717, 1.165) is 15.6 Å². The van der Waals surface area contributed by atoms with Gasteiger partial charge in [-0.15, -0.1) is 0 Å². The Hall–Kier alpha value is -2.05. The molecule has 3 rings (SSSR count). The second kappa shape index (κ2) is 6.60. The normalized spacial score (nSPS) is 12.3. The average molecular weight is 395 g/mol. The number of halogens is 2. The zero-order valence-corrected chi connectivity index (χ0v) is 14.2. The van der Waals surface area contributed by atoms with E-state index in [1.165, 1.54) is 0 Å². The van der Waals surface area contributed by atoms with Crippen LogP contribution in [0.2, 0.25) is 5.02 Å². The van der Waals surface area contributed by atoms with Crippen LogP contribution in [0, 0.1) is 0 Å². The molecule has 5 nitrogen and oxygen atoms in total. The molecule has 0 saturated carbocycles. The molecule has 0 fully saturated rings. The third-order valence-corrected chi connectivity index (χ3v) is 4.21. The summed E-state index contributed by atoms with van der Waals surface area (Å²) in [6, 6.07) is 12.6. The second-order valence-corrected chi connectivity index (χ2v) is 6.47. The Morgan fingerprint density at radius 2 is 2.04 bits per heavy atom. The van der Waals surface area contributed by atoms with Crippen LogP contribution < -0.4 is 5.32 Å². The number of carboxylic acid groups (broad SMARTS) is 1. The number of nitrogens with one attached hydrogen (secondary N) is 2. The number of hydrogen-bond donors (Lipinski definition) is 3. The molecule has 3 aromatic rings. The van der Waals surface area contributed by atoms with Gasteiger partial charge in [0.25, 0.3) is 0 Å². The lowest BCUT2D eigenvalue weighted by atomic mass is 10.1. The van der Waals surface area contributed by atoms with Crippen LogP contribution in [0.3, 0.4) is 0 Å². The molecule has 0 aliphatic carbocycles. The van der Waals surface area contributed by atoms with Gasteiger partial charge >= 0.3 is 6.09 Å². The lowest BCUT2D eigenvalue weighted by Crippen LogP contribution is -2.29. The number of fused-ring (bicyclic) bond motifs is 1. The van der Waals surface area contributed by atoms with Crippen molar-refractivity contribution in [3.05, 3.63) is 63.3 Å². The fourth-order valence-electron chi connectivity index (χ4n) is 2.39. The highest BCUT2D eigenvalue weighted by atomic mass is 79.9. The van der Waals surface area contributed by atoms with Crippen molar-refractivity contribution in [1.29, 1.82) is 0 Å². The summed E-state index contributed by atoms with van der Waals surface area (Å²) in [5, 5.41) is 12.2. The van der Waals surface area contributed by atoms with E-state index in [-0.39, 0.29) is 0 Å². The molecule has 0 radical (unpaired) electrons. The zero-order chi connectivity index (χ0) is 16.4. The molecule has 0 aliphatic rings. The van der Waals surface area contributed by atoms with Gasteiger partial charge in [0.2, 0.25) is 0 Å². The molecule has 1 aromatic heterocycles. The van der Waals surface area contributed by atoms with Crippen molar-refractivity contribution in [2.24, 2.45) is 0 Å². The molecule has 0 spiro atoms. The molecule has 1 unspecified atom stereocenters. The maximum atomic E-state index is 11.1. The molecule has 0 saturated heterocycles. The number of aromatic amines is 1. The summed E-state index contributed by atoms with van der Waals surface area (Å²) in [4.78, 5) is 18.7. The summed E-state index contributed by atoms with van der Waals surface area (Å²) in [6.45, 7) is 0. The molecular weight excluding hydrogens is 382 g/mol. The standard InChI is InChI=1S/C16H13BrClN3O2/c17-10-3-1-9(2-4-10)7-14(21-16(22)23)15-19-12-6-5-11(18)8-13(12)20-15/h1-6,8,14,21H,7H2,(H,19,20)(H,22,23). The number of nitrogens with zero attached hydrogens (tertiary/aromatic N) is 1. The van der Waals surface area contributed by atoms with E-state index in [1.807, 2.05) is 30.3 Å². The van der Waals surface area contributed by atoms with Gasteiger partial charge in [-0.05, 0) is 35.9 Å². The van der Waals surface area contributed by atoms with Crippen molar-refractivity contribution in [2.45, 2.75) is 12.5 Å². The Morgan fingerprint density at radius 1 is 1.30 bits per heavy atom. The lowest BCUT2D eigenvalue weighted by Gasteiger charge is -2.14. The number of benzene rings is 2. The third kappa shape index (κ3) is 3.83. The maximum Gasteiger partial charge on any atom is 0.405 e. The predicted molar refractivity (Wildman–Crippen MR) is 92.9 cm³/mol. The predicted octanol–water partition coefficient (Wildman–Crippen LogP) is 4.53. The third-order valence-electron chi connectivity index (χ3n) is 3.44. The van der Waals surface area contributed by atoms with E-state index >= 15 is 0 Å². The minimum Gasteiger partial charge on any atom is -0.465 e. The van der Waals surface area contributed by atoms with Crippen molar-refractivity contribution in [1.82, 2.24) is 15.3 Å². The number of hydrogen-bond acceptors (Lipinski definition) is 2. The summed E-state index contributed by atoms with van der Waals surface area (Å²) >= 11 is 9.35. The Kier molecular flexibility index (Phi) is 4.54. The van der Waals surface area contributed by atoms with Crippen LogP contribution in [0.15, 0.2) is 46.9 Å². The molecule has 23 heavy (non-hydrogen) atoms. The van der Waals surface area contributed by atoms with Crippen LogP contribution in [-0.2, 0) is 6.42 Å². The number of rotatable bonds is 4. The molecule has 118 valence electrons. The van der Waals surface area contributed by atoms with Gasteiger partial charge in [0.15, 0.2) is 0 Å². The smallest absolute Gasteiger partial charge is 0.405 e. The first-order chi connectivity index (χ1) is 11.0. The molecule has 2 aromatic carbocycles. The molecule has 3 N–H and O–H groups in total. The van der Waals surface area contributed by atoms with Gasteiger partial charge in [0.05, 0.1) is 17.1 Å². The first-order valence-electron chi connectivity index (χ1n) is 6.90. The first kappa shape index (κ1) is 15.8. The van der Waals surface area contributed by atoms with E-state index < -0.39 is 12.1 Å². The molecule has 1 amide bonds. The van der Waals surface area contributed by atoms with Gasteiger partial charge in [-0.3, -0.25) is 0 Å². The van der Waals surface area contributed by atoms with Crippen LogP contribution >= 0.6 is 27.5 Å². The summed E-state index contributed by atoms with van der Waals surface area (Å²) < 4.78 is 0.974. The summed E-state index contributed by atoms with van der Waals surface area (Å²) in [6.07, 6.45) is -0.599. The summed E-state index contributed by atoms with van der Waals surface area (Å²) in [5.41, 5.74) is 2.53. The first-order valence-corrected chi connectivity index (χ1v) is 8.07. The molecule has 0 aliphatic heterocycles. The molecular formula is C16H13BrClN3O2. The van der Waals surface area contributed by atoms with Crippen molar-refractivity contribution < 1.29 is 9.90 Å². The van der Waals surface area contributed by atoms with E-state index in [9.17, 15) is 4.79 Å². The van der Waals surface area contributed by atoms with Gasteiger partial charge < -0.3 is 15.4 Å². The van der Waals surface area contributed by atoms with E-state index in [2.05, 4.69) is 31.2 Å². The molecule has 1 heterocycles. The number of H-pyrrole nitrogens is 1. The average Bonchev–Trinajstić information content (AvgIpc) is 2.91. The van der Waals surface area contributed by atoms with Crippen LogP contribution in [0.1, 0.15) is 17.4 Å². The minimum absolute atomic E-state index is 0.472. The number of imidazole rings is 1. The summed E-state index contributed by atoms with van der Waals surface area (Å²) in [7, 11) is 0. The van der Waals surface area contributed by atoms with Gasteiger partial charge in [0, 0.05) is 15.9 Å². The van der Waals surface area contributed by atoms with Crippen molar-refractivity contribution >= 4 is 44.7 Å². The SMILES string of the molecule is O=C(O)NC(Cc1ccc(Br)cc1)c1nc2cc(Cl)ccc2[nH]1. The quantitative estimate of drug-likeness (QED) is 0.608. The number of amides is 1. The second-order valence-electron chi connectivity index (χ2n) is 5.12. The van der Waals surface area contributed by atoms with Crippen LogP contribution in [0.5, 0.6) is 0 Å². The van der Waals surface area contributed by atoms with Crippen LogP contribution in [-0.4, -0.2) is 21.2 Å². The van der Waals surface area contributed by atoms with Gasteiger partial charge in [-0.1, -0.05) is 39.7 Å². The molecule has 1 atom stereocenters. The number of aromatic nitrogens is 2. The Balaban J connectivity index is 1.93. The van der Waals surface area contributed by atoms with E-state index in [4.69, 9.17) is 16.7 Å². The molecule has 0 bridgehead atoms. The Morgan fingerprint density at radius 3 is 2.74 bits per heavy atom. The maximum absolute atomic E-state index is 11.1. The Labute approximate surface area is 145 Å².